The Morgan fingerprint density at radius 2 is 2.24 bits per heavy atom. The molecule has 2 unspecified atom stereocenters. The molecule has 1 saturated carbocycles. The average molecular weight is 311 g/mol. The van der Waals surface area contributed by atoms with Crippen molar-refractivity contribution in [1.29, 1.82) is 0 Å². The van der Waals surface area contributed by atoms with E-state index in [9.17, 15) is 9.59 Å². The Labute approximate surface area is 128 Å². The van der Waals surface area contributed by atoms with E-state index in [1.807, 2.05) is 12.3 Å². The molecule has 1 fully saturated rings. The summed E-state index contributed by atoms with van der Waals surface area (Å²) in [6.45, 7) is 2.91. The minimum atomic E-state index is -0.751. The third-order valence-corrected chi connectivity index (χ3v) is 4.66. The van der Waals surface area contributed by atoms with Gasteiger partial charge in [0.2, 0.25) is 0 Å². The standard InChI is InChI=1S/C14H21N3O3S/c1-9-17-11(8-21-9)5-6-15-14(20)16-7-10-3-2-4-12(10)13(18)19/h8,10,12H,2-7H2,1H3,(H,18,19)(H2,15,16,20). The largest absolute Gasteiger partial charge is 0.481 e. The maximum absolute atomic E-state index is 11.7. The molecule has 1 aromatic rings. The molecule has 1 heterocycles. The molecule has 0 bridgehead atoms. The number of aliphatic carboxylic acids is 1. The smallest absolute Gasteiger partial charge is 0.314 e. The molecule has 0 radical (unpaired) electrons. The fourth-order valence-corrected chi connectivity index (χ4v) is 3.37. The second-order valence-electron chi connectivity index (χ2n) is 5.38. The maximum atomic E-state index is 11.7. The van der Waals surface area contributed by atoms with Crippen LogP contribution in [0, 0.1) is 18.8 Å². The number of hydrogen-bond donors (Lipinski definition) is 3. The van der Waals surface area contributed by atoms with Crippen LogP contribution in [0.15, 0.2) is 5.38 Å². The number of carbonyl (C=O) groups excluding carboxylic acids is 1. The van der Waals surface area contributed by atoms with Crippen LogP contribution < -0.4 is 10.6 Å². The first-order chi connectivity index (χ1) is 10.1. The number of carbonyl (C=O) groups is 2. The van der Waals surface area contributed by atoms with Crippen LogP contribution in [0.1, 0.15) is 30.0 Å². The van der Waals surface area contributed by atoms with Gasteiger partial charge < -0.3 is 15.7 Å². The van der Waals surface area contributed by atoms with Gasteiger partial charge in [0.05, 0.1) is 16.6 Å². The van der Waals surface area contributed by atoms with E-state index in [1.165, 1.54) is 0 Å². The lowest BCUT2D eigenvalue weighted by Crippen LogP contribution is -2.40. The van der Waals surface area contributed by atoms with Crippen molar-refractivity contribution in [2.75, 3.05) is 13.1 Å². The van der Waals surface area contributed by atoms with Crippen LogP contribution in [0.25, 0.3) is 0 Å². The number of thiazole rings is 1. The number of rotatable bonds is 6. The van der Waals surface area contributed by atoms with Crippen molar-refractivity contribution in [1.82, 2.24) is 15.6 Å². The van der Waals surface area contributed by atoms with Crippen molar-refractivity contribution in [3.8, 4) is 0 Å². The highest BCUT2D eigenvalue weighted by Gasteiger charge is 2.32. The number of amides is 2. The van der Waals surface area contributed by atoms with Crippen LogP contribution >= 0.6 is 11.3 Å². The molecule has 2 amide bonds. The molecule has 0 spiro atoms. The predicted octanol–water partition coefficient (Wildman–Crippen LogP) is 1.79. The zero-order valence-corrected chi connectivity index (χ0v) is 12.9. The first-order valence-corrected chi connectivity index (χ1v) is 8.09. The quantitative estimate of drug-likeness (QED) is 0.747. The van der Waals surface area contributed by atoms with Crippen molar-refractivity contribution in [2.24, 2.45) is 11.8 Å². The van der Waals surface area contributed by atoms with Gasteiger partial charge >= 0.3 is 12.0 Å². The molecule has 21 heavy (non-hydrogen) atoms. The van der Waals surface area contributed by atoms with Gasteiger partial charge in [0, 0.05) is 24.9 Å². The van der Waals surface area contributed by atoms with Crippen molar-refractivity contribution in [2.45, 2.75) is 32.6 Å². The van der Waals surface area contributed by atoms with E-state index in [4.69, 9.17) is 5.11 Å². The summed E-state index contributed by atoms with van der Waals surface area (Å²) in [7, 11) is 0. The summed E-state index contributed by atoms with van der Waals surface area (Å²) < 4.78 is 0. The Bertz CT molecular complexity index is 503. The topological polar surface area (TPSA) is 91.3 Å². The van der Waals surface area contributed by atoms with Crippen LogP contribution in [0.3, 0.4) is 0 Å². The summed E-state index contributed by atoms with van der Waals surface area (Å²) in [6.07, 6.45) is 3.22. The van der Waals surface area contributed by atoms with Gasteiger partial charge in [-0.05, 0) is 25.7 Å². The van der Waals surface area contributed by atoms with E-state index in [0.717, 1.165) is 23.5 Å². The molecule has 1 aromatic heterocycles. The molecular formula is C14H21N3O3S. The van der Waals surface area contributed by atoms with Gasteiger partial charge in [-0.15, -0.1) is 11.3 Å². The maximum Gasteiger partial charge on any atom is 0.314 e. The number of nitrogens with one attached hydrogen (secondary N) is 2. The Morgan fingerprint density at radius 3 is 2.90 bits per heavy atom. The molecule has 2 atom stereocenters. The highest BCUT2D eigenvalue weighted by molar-refractivity contribution is 7.09. The lowest BCUT2D eigenvalue weighted by Gasteiger charge is -2.16. The SMILES string of the molecule is Cc1nc(CCNC(=O)NCC2CCCC2C(=O)O)cs1. The fraction of sp³-hybridized carbons (Fsp3) is 0.643. The summed E-state index contributed by atoms with van der Waals surface area (Å²) in [5.74, 6) is -1.02. The normalized spacial score (nSPS) is 21.2. The first-order valence-electron chi connectivity index (χ1n) is 7.21. The molecule has 0 aromatic carbocycles. The number of carboxylic acids is 1. The average Bonchev–Trinajstić information content (AvgIpc) is 3.05. The molecule has 6 nitrogen and oxygen atoms in total. The Hall–Kier alpha value is -1.63. The third-order valence-electron chi connectivity index (χ3n) is 3.83. The van der Waals surface area contributed by atoms with Crippen LogP contribution in [0.5, 0.6) is 0 Å². The monoisotopic (exact) mass is 311 g/mol. The van der Waals surface area contributed by atoms with E-state index < -0.39 is 5.97 Å². The number of aryl methyl sites for hydroxylation is 1. The summed E-state index contributed by atoms with van der Waals surface area (Å²) in [4.78, 5) is 27.1. The van der Waals surface area contributed by atoms with Crippen LogP contribution in [0.2, 0.25) is 0 Å². The molecule has 3 N–H and O–H groups in total. The number of hydrogen-bond acceptors (Lipinski definition) is 4. The van der Waals surface area contributed by atoms with Crippen LogP contribution in [-0.2, 0) is 11.2 Å². The van der Waals surface area contributed by atoms with Gasteiger partial charge in [-0.2, -0.15) is 0 Å². The minimum absolute atomic E-state index is 0.0504. The van der Waals surface area contributed by atoms with Gasteiger partial charge in [0.15, 0.2) is 0 Å². The van der Waals surface area contributed by atoms with E-state index in [2.05, 4.69) is 15.6 Å². The highest BCUT2D eigenvalue weighted by Crippen LogP contribution is 2.31. The van der Waals surface area contributed by atoms with E-state index >= 15 is 0 Å². The summed E-state index contributed by atoms with van der Waals surface area (Å²) in [5, 5.41) is 17.6. The van der Waals surface area contributed by atoms with Gasteiger partial charge in [0.25, 0.3) is 0 Å². The minimum Gasteiger partial charge on any atom is -0.481 e. The van der Waals surface area contributed by atoms with E-state index in [-0.39, 0.29) is 17.9 Å². The van der Waals surface area contributed by atoms with E-state index in [1.54, 1.807) is 11.3 Å². The Morgan fingerprint density at radius 1 is 1.43 bits per heavy atom. The molecule has 2 rings (SSSR count). The van der Waals surface area contributed by atoms with Crippen molar-refractivity contribution < 1.29 is 14.7 Å². The second-order valence-corrected chi connectivity index (χ2v) is 6.44. The van der Waals surface area contributed by atoms with Crippen LogP contribution in [-0.4, -0.2) is 35.2 Å². The van der Waals surface area contributed by atoms with Gasteiger partial charge in [0.1, 0.15) is 0 Å². The van der Waals surface area contributed by atoms with E-state index in [0.29, 0.717) is 25.9 Å². The number of carboxylic acid groups (broad SMARTS) is 1. The summed E-state index contributed by atoms with van der Waals surface area (Å²) >= 11 is 1.60. The van der Waals surface area contributed by atoms with Gasteiger partial charge in [-0.3, -0.25) is 4.79 Å². The van der Waals surface area contributed by atoms with Gasteiger partial charge in [-0.1, -0.05) is 6.42 Å². The number of urea groups is 1. The van der Waals surface area contributed by atoms with Crippen molar-refractivity contribution in [3.63, 3.8) is 0 Å². The molecule has 7 heteroatoms. The van der Waals surface area contributed by atoms with Crippen molar-refractivity contribution in [3.05, 3.63) is 16.1 Å². The number of aromatic nitrogens is 1. The fourth-order valence-electron chi connectivity index (χ4n) is 2.72. The van der Waals surface area contributed by atoms with Crippen LogP contribution in [0.4, 0.5) is 4.79 Å². The summed E-state index contributed by atoms with van der Waals surface area (Å²) in [6, 6.07) is -0.238. The zero-order chi connectivity index (χ0) is 15.2. The molecule has 0 aliphatic heterocycles. The highest BCUT2D eigenvalue weighted by atomic mass is 32.1. The molecule has 1 aliphatic carbocycles. The first kappa shape index (κ1) is 15.8. The molecule has 1 aliphatic rings. The van der Waals surface area contributed by atoms with Gasteiger partial charge in [-0.25, -0.2) is 9.78 Å². The second kappa shape index (κ2) is 7.40. The lowest BCUT2D eigenvalue weighted by molar-refractivity contribution is -0.142. The zero-order valence-electron chi connectivity index (χ0n) is 12.1. The lowest BCUT2D eigenvalue weighted by atomic mass is 9.96. The number of nitrogens with zero attached hydrogens (tertiary/aromatic N) is 1. The predicted molar refractivity (Wildman–Crippen MR) is 80.4 cm³/mol. The Balaban J connectivity index is 1.64. The Kier molecular flexibility index (Phi) is 5.55. The summed E-state index contributed by atoms with van der Waals surface area (Å²) in [5.41, 5.74) is 0.986. The molecule has 0 saturated heterocycles. The molecular weight excluding hydrogens is 290 g/mol. The molecule has 116 valence electrons. The van der Waals surface area contributed by atoms with Crippen molar-refractivity contribution >= 4 is 23.3 Å². The third kappa shape index (κ3) is 4.70.